The molecular formula is C12H13Br2NO3. The van der Waals surface area contributed by atoms with E-state index in [2.05, 4.69) is 41.9 Å². The highest BCUT2D eigenvalue weighted by molar-refractivity contribution is 9.11. The van der Waals surface area contributed by atoms with Crippen LogP contribution >= 0.6 is 31.9 Å². The standard InChI is InChI=1S/C12H13Br2NO3/c1-7(16)15-11(12(17)18-2)5-8-3-9(13)6-10(14)4-8/h3-4,6,11H,5H2,1-2H3,(H,15,16)/t11-/m0/s1. The van der Waals surface area contributed by atoms with Gasteiger partial charge in [-0.3, -0.25) is 4.79 Å². The maximum Gasteiger partial charge on any atom is 0.328 e. The van der Waals surface area contributed by atoms with Crippen LogP contribution in [-0.2, 0) is 20.7 Å². The van der Waals surface area contributed by atoms with Gasteiger partial charge in [-0.15, -0.1) is 0 Å². The van der Waals surface area contributed by atoms with E-state index >= 15 is 0 Å². The average Bonchev–Trinajstić information content (AvgIpc) is 2.25. The van der Waals surface area contributed by atoms with Gasteiger partial charge in [-0.1, -0.05) is 31.9 Å². The Kier molecular flexibility index (Phi) is 5.81. The molecule has 1 aromatic rings. The van der Waals surface area contributed by atoms with E-state index in [1.54, 1.807) is 0 Å². The molecule has 0 fully saturated rings. The number of hydrogen-bond acceptors (Lipinski definition) is 3. The molecule has 1 amide bonds. The Morgan fingerprint density at radius 1 is 1.28 bits per heavy atom. The third-order valence-electron chi connectivity index (χ3n) is 2.23. The van der Waals surface area contributed by atoms with E-state index in [9.17, 15) is 9.59 Å². The zero-order chi connectivity index (χ0) is 13.7. The van der Waals surface area contributed by atoms with Crippen LogP contribution in [0.25, 0.3) is 0 Å². The summed E-state index contributed by atoms with van der Waals surface area (Å²) in [5.41, 5.74) is 0.917. The molecule has 0 unspecified atom stereocenters. The van der Waals surface area contributed by atoms with Crippen molar-refractivity contribution >= 4 is 43.7 Å². The minimum atomic E-state index is -0.673. The van der Waals surface area contributed by atoms with Crippen LogP contribution in [0.4, 0.5) is 0 Å². The van der Waals surface area contributed by atoms with E-state index in [1.807, 2.05) is 18.2 Å². The van der Waals surface area contributed by atoms with Crippen LogP contribution in [0.2, 0.25) is 0 Å². The van der Waals surface area contributed by atoms with Gasteiger partial charge in [-0.2, -0.15) is 0 Å². The Morgan fingerprint density at radius 3 is 2.28 bits per heavy atom. The second-order valence-corrected chi connectivity index (χ2v) is 5.59. The fourth-order valence-corrected chi connectivity index (χ4v) is 2.93. The second-order valence-electron chi connectivity index (χ2n) is 3.76. The highest BCUT2D eigenvalue weighted by atomic mass is 79.9. The first-order valence-corrected chi connectivity index (χ1v) is 6.81. The Hall–Kier alpha value is -0.880. The predicted octanol–water partition coefficient (Wildman–Crippen LogP) is 2.43. The summed E-state index contributed by atoms with van der Waals surface area (Å²) in [5, 5.41) is 2.57. The van der Waals surface area contributed by atoms with E-state index in [1.165, 1.54) is 14.0 Å². The van der Waals surface area contributed by atoms with E-state index in [0.29, 0.717) is 6.42 Å². The third-order valence-corrected chi connectivity index (χ3v) is 3.14. The van der Waals surface area contributed by atoms with Crippen LogP contribution in [0.3, 0.4) is 0 Å². The van der Waals surface area contributed by atoms with E-state index in [4.69, 9.17) is 0 Å². The molecule has 0 heterocycles. The van der Waals surface area contributed by atoms with Crippen LogP contribution in [0.15, 0.2) is 27.1 Å². The lowest BCUT2D eigenvalue weighted by Gasteiger charge is -2.15. The van der Waals surface area contributed by atoms with Gasteiger partial charge >= 0.3 is 5.97 Å². The number of methoxy groups -OCH3 is 1. The molecule has 0 aliphatic heterocycles. The zero-order valence-corrected chi connectivity index (χ0v) is 13.2. The molecule has 0 aliphatic rings. The van der Waals surface area contributed by atoms with Crippen molar-refractivity contribution in [3.63, 3.8) is 0 Å². The van der Waals surface area contributed by atoms with Crippen molar-refractivity contribution in [3.8, 4) is 0 Å². The van der Waals surface area contributed by atoms with Crippen LogP contribution < -0.4 is 5.32 Å². The highest BCUT2D eigenvalue weighted by Crippen LogP contribution is 2.21. The molecule has 0 spiro atoms. The average molecular weight is 379 g/mol. The Bertz CT molecular complexity index is 442. The molecule has 1 aromatic carbocycles. The summed E-state index contributed by atoms with van der Waals surface area (Å²) < 4.78 is 6.47. The lowest BCUT2D eigenvalue weighted by Crippen LogP contribution is -2.41. The van der Waals surface area contributed by atoms with Crippen molar-refractivity contribution in [3.05, 3.63) is 32.7 Å². The fraction of sp³-hybridized carbons (Fsp3) is 0.333. The van der Waals surface area contributed by atoms with E-state index in [0.717, 1.165) is 14.5 Å². The summed E-state index contributed by atoms with van der Waals surface area (Å²) in [6.07, 6.45) is 0.379. The van der Waals surface area contributed by atoms with Gasteiger partial charge in [0.05, 0.1) is 7.11 Å². The predicted molar refractivity (Wildman–Crippen MR) is 75.2 cm³/mol. The first-order valence-electron chi connectivity index (χ1n) is 5.22. The molecule has 18 heavy (non-hydrogen) atoms. The van der Waals surface area contributed by atoms with Crippen LogP contribution in [-0.4, -0.2) is 25.0 Å². The summed E-state index contributed by atoms with van der Waals surface area (Å²) in [6.45, 7) is 1.37. The molecule has 1 N–H and O–H groups in total. The monoisotopic (exact) mass is 377 g/mol. The largest absolute Gasteiger partial charge is 0.467 e. The molecule has 0 saturated heterocycles. The number of hydrogen-bond donors (Lipinski definition) is 1. The minimum absolute atomic E-state index is 0.264. The molecule has 0 saturated carbocycles. The van der Waals surface area contributed by atoms with Gasteiger partial charge in [0.15, 0.2) is 0 Å². The molecule has 1 atom stereocenters. The number of ether oxygens (including phenoxy) is 1. The van der Waals surface area contributed by atoms with E-state index in [-0.39, 0.29) is 5.91 Å². The van der Waals surface area contributed by atoms with Gasteiger partial charge in [0.25, 0.3) is 0 Å². The van der Waals surface area contributed by atoms with Gasteiger partial charge in [0, 0.05) is 22.3 Å². The minimum Gasteiger partial charge on any atom is -0.467 e. The van der Waals surface area contributed by atoms with Gasteiger partial charge in [0.1, 0.15) is 6.04 Å². The number of nitrogens with one attached hydrogen (secondary N) is 1. The fourth-order valence-electron chi connectivity index (χ4n) is 1.55. The number of halogens is 2. The smallest absolute Gasteiger partial charge is 0.328 e. The highest BCUT2D eigenvalue weighted by Gasteiger charge is 2.20. The SMILES string of the molecule is COC(=O)[C@H](Cc1cc(Br)cc(Br)c1)NC(C)=O. The Morgan fingerprint density at radius 2 is 1.83 bits per heavy atom. The second kappa shape index (κ2) is 6.89. The molecule has 0 aromatic heterocycles. The van der Waals surface area contributed by atoms with Crippen LogP contribution in [0.1, 0.15) is 12.5 Å². The number of rotatable bonds is 4. The number of carbonyl (C=O) groups is 2. The van der Waals surface area contributed by atoms with Gasteiger partial charge < -0.3 is 10.1 Å². The Balaban J connectivity index is 2.88. The molecule has 0 radical (unpaired) electrons. The van der Waals surface area contributed by atoms with Gasteiger partial charge in [0.2, 0.25) is 5.91 Å². The zero-order valence-electron chi connectivity index (χ0n) is 10.00. The first-order chi connectivity index (χ1) is 8.42. The summed E-state index contributed by atoms with van der Waals surface area (Å²) in [5.74, 6) is -0.722. The summed E-state index contributed by atoms with van der Waals surface area (Å²) in [4.78, 5) is 22.6. The molecule has 1 rings (SSSR count). The quantitative estimate of drug-likeness (QED) is 0.818. The molecular weight excluding hydrogens is 366 g/mol. The van der Waals surface area contributed by atoms with E-state index < -0.39 is 12.0 Å². The summed E-state index contributed by atoms with van der Waals surface area (Å²) in [6, 6.07) is 5.01. The normalized spacial score (nSPS) is 11.8. The lowest BCUT2D eigenvalue weighted by molar-refractivity contribution is -0.144. The van der Waals surface area contributed by atoms with Crippen molar-refractivity contribution in [2.45, 2.75) is 19.4 Å². The molecule has 0 aliphatic carbocycles. The van der Waals surface area contributed by atoms with Crippen molar-refractivity contribution in [1.29, 1.82) is 0 Å². The number of carbonyl (C=O) groups excluding carboxylic acids is 2. The molecule has 98 valence electrons. The molecule has 4 nitrogen and oxygen atoms in total. The maximum atomic E-state index is 11.6. The van der Waals surface area contributed by atoms with Gasteiger partial charge in [-0.05, 0) is 23.8 Å². The topological polar surface area (TPSA) is 55.4 Å². The van der Waals surface area contributed by atoms with Gasteiger partial charge in [-0.25, -0.2) is 4.79 Å². The summed E-state index contributed by atoms with van der Waals surface area (Å²) >= 11 is 6.75. The molecule has 0 bridgehead atoms. The molecule has 6 heteroatoms. The van der Waals surface area contributed by atoms with Crippen molar-refractivity contribution < 1.29 is 14.3 Å². The number of esters is 1. The number of amides is 1. The Labute approximate surface area is 122 Å². The van der Waals surface area contributed by atoms with Crippen molar-refractivity contribution in [2.24, 2.45) is 0 Å². The summed E-state index contributed by atoms with van der Waals surface area (Å²) in [7, 11) is 1.30. The first kappa shape index (κ1) is 15.2. The number of benzene rings is 1. The van der Waals surface area contributed by atoms with Crippen molar-refractivity contribution in [1.82, 2.24) is 5.32 Å². The third kappa shape index (κ3) is 4.78. The van der Waals surface area contributed by atoms with Crippen LogP contribution in [0, 0.1) is 0 Å². The van der Waals surface area contributed by atoms with Crippen molar-refractivity contribution in [2.75, 3.05) is 7.11 Å². The maximum absolute atomic E-state index is 11.6. The van der Waals surface area contributed by atoms with Crippen LogP contribution in [0.5, 0.6) is 0 Å². The lowest BCUT2D eigenvalue weighted by atomic mass is 10.1.